The first kappa shape index (κ1) is 11.8. The van der Waals surface area contributed by atoms with Crippen LogP contribution in [0.3, 0.4) is 0 Å². The highest BCUT2D eigenvalue weighted by Crippen LogP contribution is 2.22. The van der Waals surface area contributed by atoms with Crippen LogP contribution in [-0.2, 0) is 11.2 Å². The molecule has 2 rings (SSSR count). The molecule has 2 aromatic rings. The van der Waals surface area contributed by atoms with Gasteiger partial charge in [0.05, 0.1) is 0 Å². The summed E-state index contributed by atoms with van der Waals surface area (Å²) in [7, 11) is 0. The van der Waals surface area contributed by atoms with Crippen molar-refractivity contribution in [2.75, 3.05) is 0 Å². The fourth-order valence-corrected chi connectivity index (χ4v) is 1.71. The maximum atomic E-state index is 10.9. The van der Waals surface area contributed by atoms with Gasteiger partial charge in [0.15, 0.2) is 11.5 Å². The summed E-state index contributed by atoms with van der Waals surface area (Å²) in [6, 6.07) is 5.95. The third-order valence-corrected chi connectivity index (χ3v) is 2.73. The van der Waals surface area contributed by atoms with E-state index in [0.717, 1.165) is 29.0 Å². The van der Waals surface area contributed by atoms with E-state index in [9.17, 15) is 4.79 Å². The second-order valence-corrected chi connectivity index (χ2v) is 4.71. The number of carbonyl (C=O) groups excluding carboxylic acids is 1. The van der Waals surface area contributed by atoms with E-state index in [0.29, 0.717) is 12.3 Å². The Morgan fingerprint density at radius 1 is 1.41 bits per heavy atom. The van der Waals surface area contributed by atoms with Crippen molar-refractivity contribution in [2.24, 2.45) is 0 Å². The smallest absolute Gasteiger partial charge is 0.198 e. The Balaban J connectivity index is 2.27. The Hall–Kier alpha value is -1.64. The van der Waals surface area contributed by atoms with Crippen LogP contribution in [-0.4, -0.2) is 10.8 Å². The van der Waals surface area contributed by atoms with Crippen molar-refractivity contribution in [1.29, 1.82) is 0 Å². The summed E-state index contributed by atoms with van der Waals surface area (Å²) in [5.74, 6) is 1.28. The average Bonchev–Trinajstić information content (AvgIpc) is 2.69. The Morgan fingerprint density at radius 2 is 2.18 bits per heavy atom. The van der Waals surface area contributed by atoms with Crippen molar-refractivity contribution >= 4 is 16.9 Å². The summed E-state index contributed by atoms with van der Waals surface area (Å²) >= 11 is 0. The zero-order valence-corrected chi connectivity index (χ0v) is 10.5. The van der Waals surface area contributed by atoms with E-state index in [1.54, 1.807) is 6.92 Å². The number of ketones is 1. The first-order valence-corrected chi connectivity index (χ1v) is 5.95. The largest absolute Gasteiger partial charge is 0.440 e. The minimum atomic E-state index is 0.213. The Bertz CT molecular complexity index is 540. The molecule has 3 nitrogen and oxygen atoms in total. The summed E-state index contributed by atoms with van der Waals surface area (Å²) < 4.78 is 5.68. The third-order valence-electron chi connectivity index (χ3n) is 2.73. The molecule has 0 atom stereocenters. The van der Waals surface area contributed by atoms with Gasteiger partial charge in [-0.1, -0.05) is 19.9 Å². The van der Waals surface area contributed by atoms with Gasteiger partial charge in [-0.25, -0.2) is 4.98 Å². The summed E-state index contributed by atoms with van der Waals surface area (Å²) in [4.78, 5) is 15.4. The second kappa shape index (κ2) is 4.70. The topological polar surface area (TPSA) is 43.1 Å². The highest BCUT2D eigenvalue weighted by molar-refractivity contribution is 5.76. The molecule has 0 aliphatic rings. The minimum Gasteiger partial charge on any atom is -0.440 e. The number of rotatable bonds is 4. The lowest BCUT2D eigenvalue weighted by molar-refractivity contribution is -0.116. The standard InChI is InChI=1S/C14H17NO2/c1-9(2)14-15-12-7-6-11(5-4-10(3)16)8-13(12)17-14/h6-9H,4-5H2,1-3H3. The van der Waals surface area contributed by atoms with Crippen molar-refractivity contribution in [3.63, 3.8) is 0 Å². The first-order chi connectivity index (χ1) is 8.06. The van der Waals surface area contributed by atoms with Gasteiger partial charge in [0.25, 0.3) is 0 Å². The lowest BCUT2D eigenvalue weighted by atomic mass is 10.1. The van der Waals surface area contributed by atoms with Gasteiger partial charge in [0, 0.05) is 12.3 Å². The molecule has 0 bridgehead atoms. The van der Waals surface area contributed by atoms with E-state index in [1.165, 1.54) is 0 Å². The molecule has 0 saturated carbocycles. The minimum absolute atomic E-state index is 0.213. The predicted octanol–water partition coefficient (Wildman–Crippen LogP) is 3.47. The van der Waals surface area contributed by atoms with E-state index >= 15 is 0 Å². The quantitative estimate of drug-likeness (QED) is 0.809. The van der Waals surface area contributed by atoms with E-state index in [1.807, 2.05) is 18.2 Å². The van der Waals surface area contributed by atoms with Crippen LogP contribution in [0, 0.1) is 0 Å². The van der Waals surface area contributed by atoms with Crippen LogP contribution in [0.4, 0.5) is 0 Å². The number of aromatic nitrogens is 1. The van der Waals surface area contributed by atoms with Crippen molar-refractivity contribution < 1.29 is 9.21 Å². The summed E-state index contributed by atoms with van der Waals surface area (Å²) in [6.07, 6.45) is 1.35. The molecule has 0 N–H and O–H groups in total. The lowest BCUT2D eigenvalue weighted by Gasteiger charge is -1.97. The number of Topliss-reactive ketones (excluding diaryl/α,β-unsaturated/α-hetero) is 1. The Labute approximate surface area is 101 Å². The van der Waals surface area contributed by atoms with Crippen LogP contribution in [0.1, 0.15) is 44.6 Å². The van der Waals surface area contributed by atoms with Crippen molar-refractivity contribution in [2.45, 2.75) is 39.5 Å². The average molecular weight is 231 g/mol. The van der Waals surface area contributed by atoms with Crippen LogP contribution in [0.15, 0.2) is 22.6 Å². The molecule has 1 aromatic heterocycles. The third kappa shape index (κ3) is 2.73. The van der Waals surface area contributed by atoms with Gasteiger partial charge in [0.2, 0.25) is 0 Å². The van der Waals surface area contributed by atoms with E-state index in [2.05, 4.69) is 18.8 Å². The monoisotopic (exact) mass is 231 g/mol. The molecule has 17 heavy (non-hydrogen) atoms. The second-order valence-electron chi connectivity index (χ2n) is 4.71. The zero-order valence-electron chi connectivity index (χ0n) is 10.5. The van der Waals surface area contributed by atoms with Gasteiger partial charge >= 0.3 is 0 Å². The molecule has 0 spiro atoms. The van der Waals surface area contributed by atoms with Crippen LogP contribution >= 0.6 is 0 Å². The molecule has 0 saturated heterocycles. The maximum Gasteiger partial charge on any atom is 0.198 e. The Morgan fingerprint density at radius 3 is 2.82 bits per heavy atom. The molecule has 0 radical (unpaired) electrons. The molecular formula is C14H17NO2. The number of carbonyl (C=O) groups is 1. The number of fused-ring (bicyclic) bond motifs is 1. The first-order valence-electron chi connectivity index (χ1n) is 5.95. The summed E-state index contributed by atoms with van der Waals surface area (Å²) in [6.45, 7) is 5.73. The predicted molar refractivity (Wildman–Crippen MR) is 67.1 cm³/mol. The van der Waals surface area contributed by atoms with Crippen molar-refractivity contribution in [1.82, 2.24) is 4.98 Å². The molecule has 0 unspecified atom stereocenters. The highest BCUT2D eigenvalue weighted by atomic mass is 16.3. The zero-order chi connectivity index (χ0) is 12.4. The van der Waals surface area contributed by atoms with Crippen molar-refractivity contribution in [3.05, 3.63) is 29.7 Å². The SMILES string of the molecule is CC(=O)CCc1ccc2nc(C(C)C)oc2c1. The molecule has 1 heterocycles. The highest BCUT2D eigenvalue weighted by Gasteiger charge is 2.09. The lowest BCUT2D eigenvalue weighted by Crippen LogP contribution is -1.93. The fraction of sp³-hybridized carbons (Fsp3) is 0.429. The van der Waals surface area contributed by atoms with Gasteiger partial charge in [0.1, 0.15) is 11.3 Å². The Kier molecular flexibility index (Phi) is 3.27. The number of benzene rings is 1. The van der Waals surface area contributed by atoms with E-state index < -0.39 is 0 Å². The van der Waals surface area contributed by atoms with Crippen LogP contribution in [0.25, 0.3) is 11.1 Å². The van der Waals surface area contributed by atoms with Crippen molar-refractivity contribution in [3.8, 4) is 0 Å². The van der Waals surface area contributed by atoms with Gasteiger partial charge in [-0.15, -0.1) is 0 Å². The number of oxazole rings is 1. The molecule has 90 valence electrons. The summed E-state index contributed by atoms with van der Waals surface area (Å²) in [5, 5.41) is 0. The maximum absolute atomic E-state index is 10.9. The molecule has 0 amide bonds. The molecular weight excluding hydrogens is 214 g/mol. The molecule has 3 heteroatoms. The van der Waals surface area contributed by atoms with Gasteiger partial charge in [-0.2, -0.15) is 0 Å². The van der Waals surface area contributed by atoms with Crippen LogP contribution < -0.4 is 0 Å². The number of aryl methyl sites for hydroxylation is 1. The van der Waals surface area contributed by atoms with E-state index in [-0.39, 0.29) is 5.78 Å². The number of hydrogen-bond acceptors (Lipinski definition) is 3. The van der Waals surface area contributed by atoms with Gasteiger partial charge in [-0.3, -0.25) is 0 Å². The molecule has 0 fully saturated rings. The molecule has 1 aromatic carbocycles. The molecule has 0 aliphatic carbocycles. The fourth-order valence-electron chi connectivity index (χ4n) is 1.71. The normalized spacial score (nSPS) is 11.3. The number of hydrogen-bond donors (Lipinski definition) is 0. The summed E-state index contributed by atoms with van der Waals surface area (Å²) in [5.41, 5.74) is 2.83. The number of nitrogens with zero attached hydrogens (tertiary/aromatic N) is 1. The molecule has 0 aliphatic heterocycles. The van der Waals surface area contributed by atoms with Crippen LogP contribution in [0.2, 0.25) is 0 Å². The van der Waals surface area contributed by atoms with Gasteiger partial charge < -0.3 is 9.21 Å². The van der Waals surface area contributed by atoms with Crippen LogP contribution in [0.5, 0.6) is 0 Å². The van der Waals surface area contributed by atoms with E-state index in [4.69, 9.17) is 4.42 Å². The van der Waals surface area contributed by atoms with Gasteiger partial charge in [-0.05, 0) is 31.0 Å².